The van der Waals surface area contributed by atoms with Crippen molar-refractivity contribution >= 4 is 17.6 Å². The second-order valence-corrected chi connectivity index (χ2v) is 6.57. The summed E-state index contributed by atoms with van der Waals surface area (Å²) >= 11 is 1.43. The SMILES string of the molecule is CNc1cc(Sc2cccc(F)c2)nc(C(C)(C)C)n1. The number of nitrogens with zero attached hydrogens (tertiary/aromatic N) is 2. The molecule has 5 heteroatoms. The summed E-state index contributed by atoms with van der Waals surface area (Å²) in [5.41, 5.74) is -0.135. The summed E-state index contributed by atoms with van der Waals surface area (Å²) in [7, 11) is 1.82. The zero-order valence-electron chi connectivity index (χ0n) is 12.1. The van der Waals surface area contributed by atoms with Gasteiger partial charge in [0.1, 0.15) is 22.5 Å². The number of aromatic nitrogens is 2. The van der Waals surface area contributed by atoms with E-state index < -0.39 is 0 Å². The summed E-state index contributed by atoms with van der Waals surface area (Å²) in [5, 5.41) is 3.84. The molecule has 0 unspecified atom stereocenters. The molecule has 0 saturated carbocycles. The first-order chi connectivity index (χ1) is 9.38. The summed E-state index contributed by atoms with van der Waals surface area (Å²) in [6.45, 7) is 6.20. The fourth-order valence-corrected chi connectivity index (χ4v) is 2.45. The van der Waals surface area contributed by atoms with Gasteiger partial charge in [0.2, 0.25) is 0 Å². The van der Waals surface area contributed by atoms with Gasteiger partial charge in [-0.2, -0.15) is 0 Å². The van der Waals surface area contributed by atoms with E-state index in [2.05, 4.69) is 36.1 Å². The van der Waals surface area contributed by atoms with Crippen LogP contribution in [-0.2, 0) is 5.41 Å². The summed E-state index contributed by atoms with van der Waals surface area (Å²) in [6, 6.07) is 8.37. The third kappa shape index (κ3) is 3.70. The highest BCUT2D eigenvalue weighted by Crippen LogP contribution is 2.30. The van der Waals surface area contributed by atoms with Gasteiger partial charge < -0.3 is 5.32 Å². The van der Waals surface area contributed by atoms with Gasteiger partial charge in [-0.3, -0.25) is 0 Å². The summed E-state index contributed by atoms with van der Waals surface area (Å²) in [4.78, 5) is 9.86. The second-order valence-electron chi connectivity index (χ2n) is 5.47. The molecule has 0 radical (unpaired) electrons. The van der Waals surface area contributed by atoms with Crippen LogP contribution in [0.25, 0.3) is 0 Å². The van der Waals surface area contributed by atoms with E-state index in [0.29, 0.717) is 0 Å². The van der Waals surface area contributed by atoms with Crippen molar-refractivity contribution in [1.29, 1.82) is 0 Å². The molecule has 20 heavy (non-hydrogen) atoms. The minimum atomic E-state index is -0.242. The molecule has 1 N–H and O–H groups in total. The van der Waals surface area contributed by atoms with E-state index in [1.807, 2.05) is 19.2 Å². The highest BCUT2D eigenvalue weighted by molar-refractivity contribution is 7.99. The van der Waals surface area contributed by atoms with Gasteiger partial charge in [-0.1, -0.05) is 38.6 Å². The highest BCUT2D eigenvalue weighted by Gasteiger charge is 2.19. The molecule has 1 aromatic heterocycles. The predicted octanol–water partition coefficient (Wildman–Crippen LogP) is 4.11. The van der Waals surface area contributed by atoms with Crippen molar-refractivity contribution in [3.63, 3.8) is 0 Å². The van der Waals surface area contributed by atoms with Gasteiger partial charge in [0.25, 0.3) is 0 Å². The molecule has 2 aromatic rings. The minimum Gasteiger partial charge on any atom is -0.373 e. The molecule has 2 rings (SSSR count). The van der Waals surface area contributed by atoms with Gasteiger partial charge in [-0.05, 0) is 18.2 Å². The number of hydrogen-bond donors (Lipinski definition) is 1. The largest absolute Gasteiger partial charge is 0.373 e. The van der Waals surface area contributed by atoms with E-state index in [1.165, 1.54) is 23.9 Å². The van der Waals surface area contributed by atoms with E-state index in [0.717, 1.165) is 21.6 Å². The molecule has 0 aliphatic carbocycles. The van der Waals surface area contributed by atoms with Crippen LogP contribution in [0.3, 0.4) is 0 Å². The van der Waals surface area contributed by atoms with Crippen LogP contribution in [0.1, 0.15) is 26.6 Å². The Morgan fingerprint density at radius 1 is 1.15 bits per heavy atom. The Balaban J connectivity index is 2.36. The van der Waals surface area contributed by atoms with Gasteiger partial charge in [0.05, 0.1) is 0 Å². The Kier molecular flexibility index (Phi) is 4.28. The molecule has 1 heterocycles. The molecule has 0 spiro atoms. The molecular formula is C15H18FN3S. The van der Waals surface area contributed by atoms with Crippen LogP contribution < -0.4 is 5.32 Å². The van der Waals surface area contributed by atoms with E-state index in [-0.39, 0.29) is 11.2 Å². The number of nitrogens with one attached hydrogen (secondary N) is 1. The Morgan fingerprint density at radius 2 is 1.90 bits per heavy atom. The molecule has 106 valence electrons. The smallest absolute Gasteiger partial charge is 0.137 e. The van der Waals surface area contributed by atoms with Crippen LogP contribution in [0.2, 0.25) is 0 Å². The van der Waals surface area contributed by atoms with Crippen molar-refractivity contribution < 1.29 is 4.39 Å². The molecule has 0 amide bonds. The van der Waals surface area contributed by atoms with Crippen molar-refractivity contribution in [2.75, 3.05) is 12.4 Å². The summed E-state index contributed by atoms with van der Waals surface area (Å²) in [5.74, 6) is 1.29. The molecule has 3 nitrogen and oxygen atoms in total. The van der Waals surface area contributed by atoms with Crippen molar-refractivity contribution in [3.05, 3.63) is 42.0 Å². The Bertz CT molecular complexity index is 608. The van der Waals surface area contributed by atoms with Gasteiger partial charge in [0, 0.05) is 23.4 Å². The monoisotopic (exact) mass is 291 g/mol. The van der Waals surface area contributed by atoms with Crippen molar-refractivity contribution in [2.45, 2.75) is 36.1 Å². The lowest BCUT2D eigenvalue weighted by atomic mass is 9.96. The van der Waals surface area contributed by atoms with Gasteiger partial charge in [-0.25, -0.2) is 14.4 Å². The van der Waals surface area contributed by atoms with Crippen molar-refractivity contribution in [2.24, 2.45) is 0 Å². The average molecular weight is 291 g/mol. The predicted molar refractivity (Wildman–Crippen MR) is 80.8 cm³/mol. The summed E-state index contributed by atoms with van der Waals surface area (Å²) in [6.07, 6.45) is 0. The van der Waals surface area contributed by atoms with Gasteiger partial charge in [-0.15, -0.1) is 0 Å². The third-order valence-electron chi connectivity index (χ3n) is 2.65. The van der Waals surface area contributed by atoms with E-state index in [4.69, 9.17) is 0 Å². The second kappa shape index (κ2) is 5.79. The lowest BCUT2D eigenvalue weighted by molar-refractivity contribution is 0.539. The minimum absolute atomic E-state index is 0.135. The molecule has 0 bridgehead atoms. The van der Waals surface area contributed by atoms with Crippen LogP contribution >= 0.6 is 11.8 Å². The third-order valence-corrected chi connectivity index (χ3v) is 3.56. The standard InChI is InChI=1S/C15H18FN3S/c1-15(2,3)14-18-12(17-4)9-13(19-14)20-11-7-5-6-10(16)8-11/h5-9H,1-4H3,(H,17,18,19). The average Bonchev–Trinajstić information content (AvgIpc) is 2.37. The summed E-state index contributed by atoms with van der Waals surface area (Å²) < 4.78 is 13.2. The topological polar surface area (TPSA) is 37.8 Å². The Labute approximate surface area is 123 Å². The van der Waals surface area contributed by atoms with E-state index in [1.54, 1.807) is 6.07 Å². The van der Waals surface area contributed by atoms with Crippen LogP contribution in [0.15, 0.2) is 40.3 Å². The first kappa shape index (κ1) is 14.8. The number of halogens is 1. The van der Waals surface area contributed by atoms with Gasteiger partial charge in [0.15, 0.2) is 0 Å². The zero-order valence-corrected chi connectivity index (χ0v) is 12.9. The van der Waals surface area contributed by atoms with Crippen molar-refractivity contribution in [3.8, 4) is 0 Å². The highest BCUT2D eigenvalue weighted by atomic mass is 32.2. The number of anilines is 1. The van der Waals surface area contributed by atoms with Crippen LogP contribution in [0.5, 0.6) is 0 Å². The maximum atomic E-state index is 13.2. The molecule has 0 fully saturated rings. The molecule has 0 saturated heterocycles. The number of hydrogen-bond acceptors (Lipinski definition) is 4. The quantitative estimate of drug-likeness (QED) is 0.864. The van der Waals surface area contributed by atoms with Crippen LogP contribution in [0, 0.1) is 5.82 Å². The molecule has 1 aromatic carbocycles. The molecule has 0 atom stereocenters. The van der Waals surface area contributed by atoms with Crippen LogP contribution in [0.4, 0.5) is 10.2 Å². The first-order valence-corrected chi connectivity index (χ1v) is 7.21. The first-order valence-electron chi connectivity index (χ1n) is 6.39. The zero-order chi connectivity index (χ0) is 14.8. The molecule has 0 aliphatic rings. The Hall–Kier alpha value is -1.62. The normalized spacial score (nSPS) is 11.4. The van der Waals surface area contributed by atoms with Gasteiger partial charge >= 0.3 is 0 Å². The number of benzene rings is 1. The number of rotatable bonds is 3. The van der Waals surface area contributed by atoms with E-state index >= 15 is 0 Å². The fraction of sp³-hybridized carbons (Fsp3) is 0.333. The fourth-order valence-electron chi connectivity index (χ4n) is 1.59. The maximum absolute atomic E-state index is 13.2. The lowest BCUT2D eigenvalue weighted by Gasteiger charge is -2.18. The molecule has 0 aliphatic heterocycles. The Morgan fingerprint density at radius 3 is 2.50 bits per heavy atom. The molecular weight excluding hydrogens is 273 g/mol. The van der Waals surface area contributed by atoms with E-state index in [9.17, 15) is 4.39 Å². The lowest BCUT2D eigenvalue weighted by Crippen LogP contribution is -2.17. The van der Waals surface area contributed by atoms with Crippen molar-refractivity contribution in [1.82, 2.24) is 9.97 Å². The van der Waals surface area contributed by atoms with Crippen LogP contribution in [-0.4, -0.2) is 17.0 Å². The maximum Gasteiger partial charge on any atom is 0.137 e.